The summed E-state index contributed by atoms with van der Waals surface area (Å²) in [6.45, 7) is 2.46. The lowest BCUT2D eigenvalue weighted by Gasteiger charge is -2.34. The Hall–Kier alpha value is -2.58. The maximum atomic E-state index is 13.8. The summed E-state index contributed by atoms with van der Waals surface area (Å²) in [4.78, 5) is 42.0. The Labute approximate surface area is 203 Å². The van der Waals surface area contributed by atoms with Gasteiger partial charge in [-0.1, -0.05) is 30.3 Å². The molecule has 34 heavy (non-hydrogen) atoms. The van der Waals surface area contributed by atoms with Crippen LogP contribution in [0.4, 0.5) is 5.69 Å². The van der Waals surface area contributed by atoms with Crippen molar-refractivity contribution in [3.63, 3.8) is 0 Å². The molecule has 2 amide bonds. The lowest BCUT2D eigenvalue weighted by atomic mass is 9.71. The quantitative estimate of drug-likeness (QED) is 0.443. The van der Waals surface area contributed by atoms with E-state index < -0.39 is 22.6 Å². The Kier molecular flexibility index (Phi) is 6.29. The van der Waals surface area contributed by atoms with Gasteiger partial charge in [0.05, 0.1) is 23.2 Å². The summed E-state index contributed by atoms with van der Waals surface area (Å²) in [5, 5.41) is 14.4. The first kappa shape index (κ1) is 23.2. The predicted octanol–water partition coefficient (Wildman–Crippen LogP) is 3.21. The van der Waals surface area contributed by atoms with Crippen molar-refractivity contribution in [2.45, 2.75) is 48.6 Å². The number of fused-ring (bicyclic) bond motifs is 2. The summed E-state index contributed by atoms with van der Waals surface area (Å²) >= 11 is 1.63. The second kappa shape index (κ2) is 9.23. The summed E-state index contributed by atoms with van der Waals surface area (Å²) in [7, 11) is 0. The number of nitrogens with zero attached hydrogens (tertiary/aromatic N) is 1. The molecule has 0 aliphatic carbocycles. The van der Waals surface area contributed by atoms with Gasteiger partial charge in [-0.15, -0.1) is 11.8 Å². The smallest absolute Gasteiger partial charge is 0.310 e. The van der Waals surface area contributed by atoms with Crippen LogP contribution in [0.15, 0.2) is 42.5 Å². The fraction of sp³-hybridized carbons (Fsp3) is 0.500. The molecule has 0 radical (unpaired) electrons. The molecule has 180 valence electrons. The molecular weight excluding hydrogens is 452 g/mol. The zero-order valence-electron chi connectivity index (χ0n) is 19.2. The molecule has 3 fully saturated rings. The van der Waals surface area contributed by atoms with Crippen molar-refractivity contribution < 1.29 is 24.2 Å². The number of rotatable bonds is 8. The predicted molar refractivity (Wildman–Crippen MR) is 131 cm³/mol. The highest BCUT2D eigenvalue weighted by molar-refractivity contribution is 8.02. The first-order valence-electron chi connectivity index (χ1n) is 12.1. The minimum absolute atomic E-state index is 0.00330. The van der Waals surface area contributed by atoms with Gasteiger partial charge in [0, 0.05) is 24.1 Å². The number of benzene rings is 2. The Bertz CT molecular complexity index is 1120. The van der Waals surface area contributed by atoms with Gasteiger partial charge in [-0.3, -0.25) is 14.4 Å². The van der Waals surface area contributed by atoms with Crippen LogP contribution in [0.5, 0.6) is 0 Å². The van der Waals surface area contributed by atoms with Crippen molar-refractivity contribution in [1.82, 2.24) is 4.90 Å². The monoisotopic (exact) mass is 482 g/mol. The molecule has 0 aromatic heterocycles. The van der Waals surface area contributed by atoms with Gasteiger partial charge in [-0.05, 0) is 55.5 Å². The summed E-state index contributed by atoms with van der Waals surface area (Å²) < 4.78 is 4.72. The summed E-state index contributed by atoms with van der Waals surface area (Å²) in [6.07, 6.45) is 2.67. The van der Waals surface area contributed by atoms with Crippen LogP contribution in [-0.2, 0) is 19.1 Å². The molecule has 2 aromatic carbocycles. The number of unbranched alkanes of at least 4 members (excludes halogenated alkanes) is 1. The summed E-state index contributed by atoms with van der Waals surface area (Å²) in [5.74, 6) is -1.73. The van der Waals surface area contributed by atoms with Crippen LogP contribution in [0.1, 0.15) is 32.6 Å². The van der Waals surface area contributed by atoms with E-state index in [-0.39, 0.29) is 36.2 Å². The van der Waals surface area contributed by atoms with E-state index in [9.17, 15) is 19.5 Å². The third kappa shape index (κ3) is 3.67. The second-order valence-corrected chi connectivity index (χ2v) is 10.9. The van der Waals surface area contributed by atoms with Gasteiger partial charge in [-0.25, -0.2) is 0 Å². The maximum Gasteiger partial charge on any atom is 0.310 e. The summed E-state index contributed by atoms with van der Waals surface area (Å²) in [6, 6.07) is 13.1. The fourth-order valence-corrected chi connectivity index (χ4v) is 8.28. The maximum absolute atomic E-state index is 13.8. The third-order valence-electron chi connectivity index (χ3n) is 7.43. The lowest BCUT2D eigenvalue weighted by Crippen LogP contribution is -2.51. The van der Waals surface area contributed by atoms with Gasteiger partial charge >= 0.3 is 5.97 Å². The van der Waals surface area contributed by atoms with Crippen LogP contribution in [0.25, 0.3) is 10.8 Å². The van der Waals surface area contributed by atoms with E-state index >= 15 is 0 Å². The second-order valence-electron chi connectivity index (χ2n) is 9.32. The Morgan fingerprint density at radius 1 is 1.21 bits per heavy atom. The molecule has 2 N–H and O–H groups in total. The molecule has 2 aromatic rings. The van der Waals surface area contributed by atoms with E-state index in [0.717, 1.165) is 23.6 Å². The minimum atomic E-state index is -0.662. The van der Waals surface area contributed by atoms with Gasteiger partial charge in [0.2, 0.25) is 11.8 Å². The van der Waals surface area contributed by atoms with Crippen molar-refractivity contribution >= 4 is 46.0 Å². The lowest BCUT2D eigenvalue weighted by molar-refractivity contribution is -0.153. The first-order chi connectivity index (χ1) is 16.5. The number of aliphatic hydroxyl groups is 1. The van der Waals surface area contributed by atoms with Crippen LogP contribution < -0.4 is 5.32 Å². The van der Waals surface area contributed by atoms with E-state index in [1.807, 2.05) is 42.5 Å². The third-order valence-corrected chi connectivity index (χ3v) is 9.38. The SMILES string of the molecule is CCOC(=O)[C@@H]1[C@H]2C(=O)N(CCCCO)C(C(=O)Nc3ccc4ccccc4c3)C23CC[C@H]1S3. The van der Waals surface area contributed by atoms with E-state index in [2.05, 4.69) is 5.32 Å². The van der Waals surface area contributed by atoms with Crippen molar-refractivity contribution in [3.8, 4) is 0 Å². The average molecular weight is 483 g/mol. The number of likely N-dealkylation sites (tertiary alicyclic amines) is 1. The number of aliphatic hydroxyl groups excluding tert-OH is 1. The molecule has 3 aliphatic heterocycles. The van der Waals surface area contributed by atoms with Crippen LogP contribution in [0, 0.1) is 11.8 Å². The number of carbonyl (C=O) groups excluding carboxylic acids is 3. The van der Waals surface area contributed by atoms with Crippen molar-refractivity contribution in [3.05, 3.63) is 42.5 Å². The normalized spacial score (nSPS) is 29.5. The molecule has 3 aliphatic rings. The molecule has 2 unspecified atom stereocenters. The van der Waals surface area contributed by atoms with Crippen LogP contribution in [0.2, 0.25) is 0 Å². The highest BCUT2D eigenvalue weighted by Gasteiger charge is 2.73. The van der Waals surface area contributed by atoms with E-state index in [0.29, 0.717) is 25.1 Å². The van der Waals surface area contributed by atoms with Crippen LogP contribution in [0.3, 0.4) is 0 Å². The standard InChI is InChI=1S/C26H30N2O5S/c1-2-33-25(32)20-19-11-12-26(34-19)21(20)24(31)28(13-5-6-14-29)22(26)23(30)27-18-10-9-16-7-3-4-8-17(16)15-18/h3-4,7-10,15,19-22,29H,2,5-6,11-14H2,1H3,(H,27,30)/t19-,20+,21+,22?,26?/m1/s1. The van der Waals surface area contributed by atoms with Crippen LogP contribution in [-0.4, -0.2) is 63.6 Å². The van der Waals surface area contributed by atoms with Gasteiger partial charge < -0.3 is 20.1 Å². The molecule has 3 saturated heterocycles. The highest BCUT2D eigenvalue weighted by Crippen LogP contribution is 2.66. The Morgan fingerprint density at radius 3 is 2.76 bits per heavy atom. The molecule has 8 heteroatoms. The zero-order chi connectivity index (χ0) is 23.9. The van der Waals surface area contributed by atoms with E-state index in [4.69, 9.17) is 4.74 Å². The average Bonchev–Trinajstić information content (AvgIpc) is 3.47. The number of hydrogen-bond donors (Lipinski definition) is 2. The molecule has 3 heterocycles. The van der Waals surface area contributed by atoms with Gasteiger partial charge in [0.25, 0.3) is 0 Å². The molecule has 5 rings (SSSR count). The fourth-order valence-electron chi connectivity index (χ4n) is 6.07. The molecule has 5 atom stereocenters. The molecule has 2 bridgehead atoms. The van der Waals surface area contributed by atoms with Gasteiger partial charge in [0.15, 0.2) is 0 Å². The largest absolute Gasteiger partial charge is 0.466 e. The van der Waals surface area contributed by atoms with Crippen molar-refractivity contribution in [1.29, 1.82) is 0 Å². The molecule has 0 saturated carbocycles. The topological polar surface area (TPSA) is 95.9 Å². The highest BCUT2D eigenvalue weighted by atomic mass is 32.2. The Balaban J connectivity index is 1.47. The van der Waals surface area contributed by atoms with Crippen molar-refractivity contribution in [2.24, 2.45) is 11.8 Å². The number of nitrogens with one attached hydrogen (secondary N) is 1. The number of amides is 2. The van der Waals surface area contributed by atoms with Gasteiger partial charge in [0.1, 0.15) is 6.04 Å². The van der Waals surface area contributed by atoms with E-state index in [1.165, 1.54) is 0 Å². The number of esters is 1. The van der Waals surface area contributed by atoms with Crippen LogP contribution >= 0.6 is 11.8 Å². The zero-order valence-corrected chi connectivity index (χ0v) is 20.1. The molecular formula is C26H30N2O5S. The number of ether oxygens (including phenoxy) is 1. The number of hydrogen-bond acceptors (Lipinski definition) is 6. The number of thioether (sulfide) groups is 1. The minimum Gasteiger partial charge on any atom is -0.466 e. The molecule has 7 nitrogen and oxygen atoms in total. The molecule has 1 spiro atoms. The summed E-state index contributed by atoms with van der Waals surface area (Å²) in [5.41, 5.74) is 0.686. The van der Waals surface area contributed by atoms with Gasteiger partial charge in [-0.2, -0.15) is 0 Å². The van der Waals surface area contributed by atoms with E-state index in [1.54, 1.807) is 23.6 Å². The Morgan fingerprint density at radius 2 is 2.00 bits per heavy atom. The first-order valence-corrected chi connectivity index (χ1v) is 12.9. The van der Waals surface area contributed by atoms with Crippen molar-refractivity contribution in [2.75, 3.05) is 25.1 Å². The number of anilines is 1. The number of carbonyl (C=O) groups is 3.